The predicted octanol–water partition coefficient (Wildman–Crippen LogP) is 3.71. The van der Waals surface area contributed by atoms with E-state index in [1.165, 1.54) is 24.8 Å². The molecule has 18 heavy (non-hydrogen) atoms. The third-order valence-corrected chi connectivity index (χ3v) is 4.06. The molecule has 0 heterocycles. The number of carbonyl (C=O) groups excluding carboxylic acids is 1. The average Bonchev–Trinajstić information content (AvgIpc) is 2.38. The van der Waals surface area contributed by atoms with Gasteiger partial charge < -0.3 is 4.90 Å². The quantitative estimate of drug-likeness (QED) is 0.778. The fraction of sp³-hybridized carbons (Fsp3) is 0.562. The van der Waals surface area contributed by atoms with Crippen molar-refractivity contribution in [2.45, 2.75) is 52.0 Å². The van der Waals surface area contributed by atoms with Crippen molar-refractivity contribution in [1.82, 2.24) is 4.90 Å². The topological polar surface area (TPSA) is 20.3 Å². The Morgan fingerprint density at radius 3 is 2.44 bits per heavy atom. The van der Waals surface area contributed by atoms with Gasteiger partial charge in [0.15, 0.2) is 0 Å². The molecule has 0 atom stereocenters. The van der Waals surface area contributed by atoms with Gasteiger partial charge in [-0.25, -0.2) is 0 Å². The molecule has 1 aromatic carbocycles. The fourth-order valence-corrected chi connectivity index (χ4v) is 2.88. The Labute approximate surface area is 110 Å². The molecular weight excluding hydrogens is 222 g/mol. The standard InChI is InChI=1S/C16H23NO/c1-12-9-10-15(13(2)11-12)16(18)17(3)14-7-5-4-6-8-14/h9-11,14H,4-8H2,1-3H3. The number of hydrogen-bond donors (Lipinski definition) is 0. The van der Waals surface area contributed by atoms with Crippen LogP contribution < -0.4 is 0 Å². The summed E-state index contributed by atoms with van der Waals surface area (Å²) in [6.45, 7) is 4.08. The first-order valence-electron chi connectivity index (χ1n) is 6.94. The molecule has 0 radical (unpaired) electrons. The number of nitrogens with zero attached hydrogens (tertiary/aromatic N) is 1. The van der Waals surface area contributed by atoms with Crippen molar-refractivity contribution in [2.75, 3.05) is 7.05 Å². The van der Waals surface area contributed by atoms with E-state index in [-0.39, 0.29) is 5.91 Å². The van der Waals surface area contributed by atoms with Gasteiger partial charge in [0.1, 0.15) is 0 Å². The van der Waals surface area contributed by atoms with Crippen LogP contribution in [0.2, 0.25) is 0 Å². The number of aryl methyl sites for hydroxylation is 2. The largest absolute Gasteiger partial charge is 0.339 e. The van der Waals surface area contributed by atoms with Crippen molar-refractivity contribution in [3.05, 3.63) is 34.9 Å². The molecule has 0 spiro atoms. The van der Waals surface area contributed by atoms with Gasteiger partial charge in [-0.05, 0) is 38.3 Å². The van der Waals surface area contributed by atoms with Gasteiger partial charge in [-0.3, -0.25) is 4.79 Å². The van der Waals surface area contributed by atoms with E-state index in [4.69, 9.17) is 0 Å². The molecule has 2 heteroatoms. The van der Waals surface area contributed by atoms with Gasteiger partial charge in [-0.1, -0.05) is 37.0 Å². The number of carbonyl (C=O) groups is 1. The lowest BCUT2D eigenvalue weighted by Gasteiger charge is -2.31. The zero-order valence-corrected chi connectivity index (χ0v) is 11.7. The summed E-state index contributed by atoms with van der Waals surface area (Å²) in [6.07, 6.45) is 6.16. The minimum atomic E-state index is 0.180. The van der Waals surface area contributed by atoms with Crippen LogP contribution in [0, 0.1) is 13.8 Å². The molecule has 1 fully saturated rings. The monoisotopic (exact) mass is 245 g/mol. The molecular formula is C16H23NO. The lowest BCUT2D eigenvalue weighted by molar-refractivity contribution is 0.0695. The highest BCUT2D eigenvalue weighted by atomic mass is 16.2. The van der Waals surface area contributed by atoms with Gasteiger partial charge in [0, 0.05) is 18.7 Å². The smallest absolute Gasteiger partial charge is 0.254 e. The number of rotatable bonds is 2. The maximum atomic E-state index is 12.5. The van der Waals surface area contributed by atoms with E-state index in [2.05, 4.69) is 13.0 Å². The van der Waals surface area contributed by atoms with E-state index in [0.717, 1.165) is 24.0 Å². The Morgan fingerprint density at radius 1 is 1.17 bits per heavy atom. The van der Waals surface area contributed by atoms with Crippen LogP contribution in [0.1, 0.15) is 53.6 Å². The maximum Gasteiger partial charge on any atom is 0.254 e. The van der Waals surface area contributed by atoms with E-state index in [0.29, 0.717) is 6.04 Å². The Bertz CT molecular complexity index is 433. The van der Waals surface area contributed by atoms with Crippen LogP contribution in [0.3, 0.4) is 0 Å². The summed E-state index contributed by atoms with van der Waals surface area (Å²) in [5, 5.41) is 0. The predicted molar refractivity (Wildman–Crippen MR) is 74.9 cm³/mol. The molecule has 2 nitrogen and oxygen atoms in total. The summed E-state index contributed by atoms with van der Waals surface area (Å²) in [5.74, 6) is 0.180. The van der Waals surface area contributed by atoms with Crippen LogP contribution in [-0.2, 0) is 0 Å². The van der Waals surface area contributed by atoms with Crippen molar-refractivity contribution >= 4 is 5.91 Å². The third-order valence-electron chi connectivity index (χ3n) is 4.06. The van der Waals surface area contributed by atoms with Crippen LogP contribution in [0.5, 0.6) is 0 Å². The normalized spacial score (nSPS) is 16.6. The SMILES string of the molecule is Cc1ccc(C(=O)N(C)C2CCCCC2)c(C)c1. The minimum absolute atomic E-state index is 0.180. The molecule has 0 bridgehead atoms. The lowest BCUT2D eigenvalue weighted by Crippen LogP contribution is -2.38. The van der Waals surface area contributed by atoms with Crippen molar-refractivity contribution in [2.24, 2.45) is 0 Å². The summed E-state index contributed by atoms with van der Waals surface area (Å²) in [7, 11) is 1.96. The van der Waals surface area contributed by atoms with Crippen molar-refractivity contribution < 1.29 is 4.79 Å². The fourth-order valence-electron chi connectivity index (χ4n) is 2.88. The minimum Gasteiger partial charge on any atom is -0.339 e. The molecule has 0 saturated heterocycles. The molecule has 0 unspecified atom stereocenters. The molecule has 2 rings (SSSR count). The Morgan fingerprint density at radius 2 is 1.83 bits per heavy atom. The summed E-state index contributed by atoms with van der Waals surface area (Å²) < 4.78 is 0. The first-order valence-corrected chi connectivity index (χ1v) is 6.94. The van der Waals surface area contributed by atoms with E-state index < -0.39 is 0 Å². The summed E-state index contributed by atoms with van der Waals surface area (Å²) in [5.41, 5.74) is 3.15. The molecule has 0 N–H and O–H groups in total. The second kappa shape index (κ2) is 5.55. The first-order chi connectivity index (χ1) is 8.59. The second-order valence-electron chi connectivity index (χ2n) is 5.53. The lowest BCUT2D eigenvalue weighted by atomic mass is 9.93. The average molecular weight is 245 g/mol. The number of benzene rings is 1. The zero-order valence-electron chi connectivity index (χ0n) is 11.7. The highest BCUT2D eigenvalue weighted by molar-refractivity contribution is 5.95. The van der Waals surface area contributed by atoms with Crippen LogP contribution >= 0.6 is 0 Å². The van der Waals surface area contributed by atoms with Gasteiger partial charge in [0.05, 0.1) is 0 Å². The molecule has 1 aliphatic rings. The van der Waals surface area contributed by atoms with E-state index in [9.17, 15) is 4.79 Å². The van der Waals surface area contributed by atoms with Crippen LogP contribution in [-0.4, -0.2) is 23.9 Å². The van der Waals surface area contributed by atoms with Crippen molar-refractivity contribution in [1.29, 1.82) is 0 Å². The molecule has 98 valence electrons. The Kier molecular flexibility index (Phi) is 4.05. The highest BCUT2D eigenvalue weighted by Crippen LogP contribution is 2.23. The molecule has 0 aromatic heterocycles. The van der Waals surface area contributed by atoms with Crippen LogP contribution in [0.15, 0.2) is 18.2 Å². The van der Waals surface area contributed by atoms with E-state index in [1.54, 1.807) is 0 Å². The zero-order chi connectivity index (χ0) is 13.1. The molecule has 1 aliphatic carbocycles. The summed E-state index contributed by atoms with van der Waals surface area (Å²) >= 11 is 0. The van der Waals surface area contributed by atoms with Crippen molar-refractivity contribution in [3.63, 3.8) is 0 Å². The number of amides is 1. The van der Waals surface area contributed by atoms with E-state index >= 15 is 0 Å². The summed E-state index contributed by atoms with van der Waals surface area (Å²) in [6, 6.07) is 6.51. The Balaban J connectivity index is 2.14. The molecule has 0 aliphatic heterocycles. The molecule has 1 saturated carbocycles. The van der Waals surface area contributed by atoms with Crippen LogP contribution in [0.25, 0.3) is 0 Å². The highest BCUT2D eigenvalue weighted by Gasteiger charge is 2.23. The van der Waals surface area contributed by atoms with Gasteiger partial charge in [0.25, 0.3) is 5.91 Å². The van der Waals surface area contributed by atoms with E-state index in [1.807, 2.05) is 31.0 Å². The maximum absolute atomic E-state index is 12.5. The third kappa shape index (κ3) is 2.74. The van der Waals surface area contributed by atoms with Gasteiger partial charge in [0.2, 0.25) is 0 Å². The van der Waals surface area contributed by atoms with Crippen LogP contribution in [0.4, 0.5) is 0 Å². The van der Waals surface area contributed by atoms with Gasteiger partial charge >= 0.3 is 0 Å². The molecule has 1 amide bonds. The summed E-state index contributed by atoms with van der Waals surface area (Å²) in [4.78, 5) is 14.5. The van der Waals surface area contributed by atoms with Gasteiger partial charge in [-0.2, -0.15) is 0 Å². The molecule has 1 aromatic rings. The second-order valence-corrected chi connectivity index (χ2v) is 5.53. The first kappa shape index (κ1) is 13.1. The van der Waals surface area contributed by atoms with Crippen molar-refractivity contribution in [3.8, 4) is 0 Å². The van der Waals surface area contributed by atoms with Gasteiger partial charge in [-0.15, -0.1) is 0 Å². The Hall–Kier alpha value is -1.31. The number of hydrogen-bond acceptors (Lipinski definition) is 1.